The minimum Gasteiger partial charge on any atom is -0.395 e. The standard InChI is InChI=1S/C11H26O2Si/c1-5-9-10-11-13-14(7-3,8-4)12-6-2/h5-11H2,1-4H3. The van der Waals surface area contributed by atoms with E-state index in [-0.39, 0.29) is 0 Å². The molecule has 0 fully saturated rings. The van der Waals surface area contributed by atoms with Gasteiger partial charge in [0.1, 0.15) is 0 Å². The Labute approximate surface area is 90.2 Å². The first-order valence-electron chi connectivity index (χ1n) is 6.02. The van der Waals surface area contributed by atoms with E-state index in [1.54, 1.807) is 0 Å². The summed E-state index contributed by atoms with van der Waals surface area (Å²) in [6.07, 6.45) is 3.70. The smallest absolute Gasteiger partial charge is 0.337 e. The van der Waals surface area contributed by atoms with Crippen molar-refractivity contribution >= 4 is 8.56 Å². The Kier molecular flexibility index (Phi) is 8.53. The van der Waals surface area contributed by atoms with Crippen LogP contribution in [0, 0.1) is 0 Å². The summed E-state index contributed by atoms with van der Waals surface area (Å²) < 4.78 is 11.8. The Balaban J connectivity index is 3.82. The van der Waals surface area contributed by atoms with Crippen LogP contribution in [0.3, 0.4) is 0 Å². The molecule has 0 aromatic heterocycles. The highest BCUT2D eigenvalue weighted by molar-refractivity contribution is 6.67. The molecule has 3 heteroatoms. The first-order valence-corrected chi connectivity index (χ1v) is 8.25. The van der Waals surface area contributed by atoms with Crippen LogP contribution in [0.15, 0.2) is 0 Å². The molecule has 0 atom stereocenters. The lowest BCUT2D eigenvalue weighted by Crippen LogP contribution is -2.41. The van der Waals surface area contributed by atoms with Crippen molar-refractivity contribution in [2.75, 3.05) is 13.2 Å². The Morgan fingerprint density at radius 2 is 1.50 bits per heavy atom. The van der Waals surface area contributed by atoms with Crippen molar-refractivity contribution in [3.05, 3.63) is 0 Å². The van der Waals surface area contributed by atoms with Gasteiger partial charge in [-0.2, -0.15) is 0 Å². The van der Waals surface area contributed by atoms with E-state index < -0.39 is 8.56 Å². The van der Waals surface area contributed by atoms with Crippen LogP contribution < -0.4 is 0 Å². The fourth-order valence-corrected chi connectivity index (χ4v) is 4.02. The molecule has 14 heavy (non-hydrogen) atoms. The largest absolute Gasteiger partial charge is 0.395 e. The molecule has 0 rings (SSSR count). The number of hydrogen-bond acceptors (Lipinski definition) is 2. The summed E-state index contributed by atoms with van der Waals surface area (Å²) in [6.45, 7) is 10.3. The summed E-state index contributed by atoms with van der Waals surface area (Å²) in [6, 6.07) is 2.15. The van der Waals surface area contributed by atoms with Gasteiger partial charge in [-0.25, -0.2) is 0 Å². The predicted molar refractivity (Wildman–Crippen MR) is 63.8 cm³/mol. The van der Waals surface area contributed by atoms with E-state index in [9.17, 15) is 0 Å². The first kappa shape index (κ1) is 14.1. The highest BCUT2D eigenvalue weighted by atomic mass is 28.4. The summed E-state index contributed by atoms with van der Waals surface area (Å²) in [7, 11) is -1.79. The summed E-state index contributed by atoms with van der Waals surface area (Å²) in [4.78, 5) is 0. The number of rotatable bonds is 9. The fourth-order valence-electron chi connectivity index (χ4n) is 1.57. The van der Waals surface area contributed by atoms with E-state index in [1.807, 2.05) is 0 Å². The third-order valence-corrected chi connectivity index (χ3v) is 6.30. The van der Waals surface area contributed by atoms with E-state index in [2.05, 4.69) is 27.7 Å². The Morgan fingerprint density at radius 3 is 1.93 bits per heavy atom. The van der Waals surface area contributed by atoms with Gasteiger partial charge in [-0.15, -0.1) is 0 Å². The lowest BCUT2D eigenvalue weighted by Gasteiger charge is -2.28. The number of unbranched alkanes of at least 4 members (excludes halogenated alkanes) is 2. The van der Waals surface area contributed by atoms with Crippen molar-refractivity contribution in [2.45, 2.75) is 59.0 Å². The van der Waals surface area contributed by atoms with Crippen molar-refractivity contribution in [2.24, 2.45) is 0 Å². The maximum Gasteiger partial charge on any atom is 0.337 e. The van der Waals surface area contributed by atoms with Crippen molar-refractivity contribution in [1.29, 1.82) is 0 Å². The average Bonchev–Trinajstić information content (AvgIpc) is 2.23. The summed E-state index contributed by atoms with van der Waals surface area (Å²) >= 11 is 0. The van der Waals surface area contributed by atoms with Crippen molar-refractivity contribution < 1.29 is 8.85 Å². The minimum absolute atomic E-state index is 0.793. The van der Waals surface area contributed by atoms with Crippen LogP contribution in [-0.4, -0.2) is 21.8 Å². The van der Waals surface area contributed by atoms with Gasteiger partial charge in [-0.1, -0.05) is 33.6 Å². The SMILES string of the molecule is CCCCCO[Si](CC)(CC)OCC. The van der Waals surface area contributed by atoms with Gasteiger partial charge in [-0.05, 0) is 25.4 Å². The molecular weight excluding hydrogens is 192 g/mol. The molecule has 0 saturated carbocycles. The molecular formula is C11H26O2Si. The lowest BCUT2D eigenvalue weighted by molar-refractivity contribution is 0.173. The maximum atomic E-state index is 5.99. The molecule has 0 heterocycles. The van der Waals surface area contributed by atoms with E-state index >= 15 is 0 Å². The molecule has 0 unspecified atom stereocenters. The monoisotopic (exact) mass is 218 g/mol. The van der Waals surface area contributed by atoms with Gasteiger partial charge in [0.25, 0.3) is 0 Å². The molecule has 0 aromatic carbocycles. The van der Waals surface area contributed by atoms with Gasteiger partial charge in [-0.3, -0.25) is 0 Å². The molecule has 0 spiro atoms. The quantitative estimate of drug-likeness (QED) is 0.434. The van der Waals surface area contributed by atoms with Gasteiger partial charge in [0.2, 0.25) is 0 Å². The summed E-state index contributed by atoms with van der Waals surface area (Å²) in [5.41, 5.74) is 0. The number of hydrogen-bond donors (Lipinski definition) is 0. The summed E-state index contributed by atoms with van der Waals surface area (Å²) in [5, 5.41) is 0. The molecule has 0 aromatic rings. The maximum absolute atomic E-state index is 5.99. The molecule has 0 radical (unpaired) electrons. The molecule has 0 amide bonds. The predicted octanol–water partition coefficient (Wildman–Crippen LogP) is 3.71. The molecule has 2 nitrogen and oxygen atoms in total. The van der Waals surface area contributed by atoms with Crippen LogP contribution in [0.1, 0.15) is 47.0 Å². The zero-order valence-electron chi connectivity index (χ0n) is 10.3. The molecule has 0 aliphatic rings. The van der Waals surface area contributed by atoms with E-state index in [0.717, 1.165) is 25.3 Å². The zero-order valence-corrected chi connectivity index (χ0v) is 11.3. The van der Waals surface area contributed by atoms with Gasteiger partial charge in [0.15, 0.2) is 0 Å². The molecule has 0 aliphatic heterocycles. The molecule has 0 aliphatic carbocycles. The van der Waals surface area contributed by atoms with Crippen molar-refractivity contribution in [3.8, 4) is 0 Å². The third kappa shape index (κ3) is 5.13. The first-order chi connectivity index (χ1) is 6.74. The normalized spacial score (nSPS) is 12.0. The van der Waals surface area contributed by atoms with Crippen LogP contribution in [0.2, 0.25) is 12.1 Å². The highest BCUT2D eigenvalue weighted by Crippen LogP contribution is 2.18. The third-order valence-electron chi connectivity index (χ3n) is 2.60. The van der Waals surface area contributed by atoms with E-state index in [1.165, 1.54) is 19.3 Å². The van der Waals surface area contributed by atoms with Crippen LogP contribution in [0.25, 0.3) is 0 Å². The average molecular weight is 218 g/mol. The zero-order chi connectivity index (χ0) is 10.9. The Bertz CT molecular complexity index is 124. The summed E-state index contributed by atoms with van der Waals surface area (Å²) in [5.74, 6) is 0. The van der Waals surface area contributed by atoms with Gasteiger partial charge in [0.05, 0.1) is 0 Å². The topological polar surface area (TPSA) is 18.5 Å². The lowest BCUT2D eigenvalue weighted by atomic mass is 10.3. The second-order valence-corrected chi connectivity index (χ2v) is 7.42. The highest BCUT2D eigenvalue weighted by Gasteiger charge is 2.32. The molecule has 0 N–H and O–H groups in total. The second kappa shape index (κ2) is 8.45. The van der Waals surface area contributed by atoms with Crippen LogP contribution in [-0.2, 0) is 8.85 Å². The van der Waals surface area contributed by atoms with Crippen molar-refractivity contribution in [3.63, 3.8) is 0 Å². The Morgan fingerprint density at radius 1 is 0.857 bits per heavy atom. The van der Waals surface area contributed by atoms with Gasteiger partial charge in [0, 0.05) is 13.2 Å². The van der Waals surface area contributed by atoms with E-state index in [4.69, 9.17) is 8.85 Å². The minimum atomic E-state index is -1.79. The molecule has 86 valence electrons. The Hall–Kier alpha value is 0.137. The van der Waals surface area contributed by atoms with Crippen molar-refractivity contribution in [1.82, 2.24) is 0 Å². The second-order valence-electron chi connectivity index (χ2n) is 3.61. The molecule has 0 saturated heterocycles. The van der Waals surface area contributed by atoms with Crippen LogP contribution in [0.4, 0.5) is 0 Å². The van der Waals surface area contributed by atoms with Crippen LogP contribution in [0.5, 0.6) is 0 Å². The van der Waals surface area contributed by atoms with E-state index in [0.29, 0.717) is 0 Å². The van der Waals surface area contributed by atoms with Gasteiger partial charge >= 0.3 is 8.56 Å². The van der Waals surface area contributed by atoms with Gasteiger partial charge < -0.3 is 8.85 Å². The fraction of sp³-hybridized carbons (Fsp3) is 1.00. The van der Waals surface area contributed by atoms with Crippen LogP contribution >= 0.6 is 0 Å². The molecule has 0 bridgehead atoms.